The van der Waals surface area contributed by atoms with Crippen LogP contribution in [0.5, 0.6) is 0 Å². The number of methoxy groups -OCH3 is 1. The maximum absolute atomic E-state index is 12.4. The molecule has 17 heavy (non-hydrogen) atoms. The van der Waals surface area contributed by atoms with Crippen LogP contribution in [0.1, 0.15) is 39.5 Å². The van der Waals surface area contributed by atoms with Gasteiger partial charge >= 0.3 is 0 Å². The molecule has 1 aliphatic heterocycles. The number of amides is 1. The third-order valence-corrected chi connectivity index (χ3v) is 3.99. The highest BCUT2D eigenvalue weighted by Gasteiger charge is 2.36. The van der Waals surface area contributed by atoms with Crippen LogP contribution < -0.4 is 5.32 Å². The van der Waals surface area contributed by atoms with Crippen molar-refractivity contribution < 1.29 is 9.53 Å². The van der Waals surface area contributed by atoms with E-state index in [0.717, 1.165) is 32.4 Å². The van der Waals surface area contributed by atoms with Crippen LogP contribution in [0.4, 0.5) is 0 Å². The number of likely N-dealkylation sites (N-methyl/N-ethyl adjacent to an activating group) is 1. The van der Waals surface area contributed by atoms with Gasteiger partial charge in [0.2, 0.25) is 0 Å². The fourth-order valence-corrected chi connectivity index (χ4v) is 2.31. The molecule has 1 heterocycles. The predicted molar refractivity (Wildman–Crippen MR) is 69.0 cm³/mol. The molecule has 0 aromatic rings. The van der Waals surface area contributed by atoms with Crippen molar-refractivity contribution in [1.29, 1.82) is 0 Å². The molecule has 0 aromatic heterocycles. The lowest BCUT2D eigenvalue weighted by Gasteiger charge is -2.35. The smallest absolute Gasteiger partial charge is 0.254 e. The summed E-state index contributed by atoms with van der Waals surface area (Å²) >= 11 is 0. The first kappa shape index (κ1) is 14.5. The van der Waals surface area contributed by atoms with E-state index in [-0.39, 0.29) is 5.91 Å². The lowest BCUT2D eigenvalue weighted by atomic mass is 9.99. The van der Waals surface area contributed by atoms with Crippen molar-refractivity contribution in [3.05, 3.63) is 0 Å². The van der Waals surface area contributed by atoms with Gasteiger partial charge in [0.05, 0.1) is 0 Å². The van der Waals surface area contributed by atoms with Crippen LogP contribution in [0.15, 0.2) is 0 Å². The maximum atomic E-state index is 12.4. The summed E-state index contributed by atoms with van der Waals surface area (Å²) < 4.78 is 5.39. The van der Waals surface area contributed by atoms with E-state index in [1.54, 1.807) is 7.11 Å². The van der Waals surface area contributed by atoms with Gasteiger partial charge in [-0.25, -0.2) is 0 Å². The topological polar surface area (TPSA) is 41.6 Å². The Morgan fingerprint density at radius 1 is 1.47 bits per heavy atom. The standard InChI is InChI=1S/C13H26N2O2/c1-5-13(2,17-4)12(16)15(3)11-7-6-9-14-10-8-11/h11,14H,5-10H2,1-4H3. The first-order chi connectivity index (χ1) is 8.05. The zero-order valence-electron chi connectivity index (χ0n) is 11.6. The Morgan fingerprint density at radius 2 is 2.18 bits per heavy atom. The van der Waals surface area contributed by atoms with Crippen LogP contribution in [0.25, 0.3) is 0 Å². The second kappa shape index (κ2) is 6.36. The molecule has 1 N–H and O–H groups in total. The molecule has 0 radical (unpaired) electrons. The summed E-state index contributed by atoms with van der Waals surface area (Å²) in [5.41, 5.74) is -0.672. The molecule has 1 fully saturated rings. The molecule has 4 nitrogen and oxygen atoms in total. The van der Waals surface area contributed by atoms with Crippen molar-refractivity contribution in [1.82, 2.24) is 10.2 Å². The van der Waals surface area contributed by atoms with Gasteiger partial charge in [-0.05, 0) is 45.7 Å². The number of carbonyl (C=O) groups excluding carboxylic acids is 1. The SMILES string of the molecule is CCC(C)(OC)C(=O)N(C)C1CCCNCC1. The Kier molecular flexibility index (Phi) is 5.40. The summed E-state index contributed by atoms with van der Waals surface area (Å²) in [6.45, 7) is 5.93. The summed E-state index contributed by atoms with van der Waals surface area (Å²) in [5.74, 6) is 0.106. The quantitative estimate of drug-likeness (QED) is 0.810. The van der Waals surface area contributed by atoms with Gasteiger partial charge in [-0.2, -0.15) is 0 Å². The molecule has 100 valence electrons. The molecule has 0 saturated carbocycles. The van der Waals surface area contributed by atoms with Crippen molar-refractivity contribution in [2.24, 2.45) is 0 Å². The van der Waals surface area contributed by atoms with Crippen LogP contribution in [0, 0.1) is 0 Å². The maximum Gasteiger partial charge on any atom is 0.254 e. The fraction of sp³-hybridized carbons (Fsp3) is 0.923. The van der Waals surface area contributed by atoms with E-state index in [0.29, 0.717) is 12.5 Å². The number of hydrogen-bond donors (Lipinski definition) is 1. The minimum atomic E-state index is -0.672. The van der Waals surface area contributed by atoms with E-state index in [4.69, 9.17) is 4.74 Å². The molecular formula is C13H26N2O2. The Morgan fingerprint density at radius 3 is 2.76 bits per heavy atom. The van der Waals surface area contributed by atoms with E-state index in [9.17, 15) is 4.79 Å². The number of hydrogen-bond acceptors (Lipinski definition) is 3. The van der Waals surface area contributed by atoms with E-state index >= 15 is 0 Å². The molecule has 0 aliphatic carbocycles. The van der Waals surface area contributed by atoms with E-state index in [1.165, 1.54) is 0 Å². The minimum absolute atomic E-state index is 0.106. The van der Waals surface area contributed by atoms with Crippen molar-refractivity contribution in [2.75, 3.05) is 27.2 Å². The summed E-state index contributed by atoms with van der Waals surface area (Å²) in [4.78, 5) is 14.3. The third-order valence-electron chi connectivity index (χ3n) is 3.99. The highest BCUT2D eigenvalue weighted by Crippen LogP contribution is 2.21. The molecule has 1 saturated heterocycles. The van der Waals surface area contributed by atoms with Crippen LogP contribution >= 0.6 is 0 Å². The zero-order valence-corrected chi connectivity index (χ0v) is 11.6. The van der Waals surface area contributed by atoms with Crippen LogP contribution in [-0.4, -0.2) is 49.7 Å². The van der Waals surface area contributed by atoms with Gasteiger partial charge < -0.3 is 15.0 Å². The normalized spacial score (nSPS) is 24.8. The zero-order chi connectivity index (χ0) is 12.9. The Balaban J connectivity index is 2.67. The van der Waals surface area contributed by atoms with Crippen molar-refractivity contribution >= 4 is 5.91 Å². The molecular weight excluding hydrogens is 216 g/mol. The first-order valence-corrected chi connectivity index (χ1v) is 6.58. The van der Waals surface area contributed by atoms with Gasteiger partial charge in [-0.15, -0.1) is 0 Å². The number of nitrogens with one attached hydrogen (secondary N) is 1. The lowest BCUT2D eigenvalue weighted by molar-refractivity contribution is -0.154. The lowest BCUT2D eigenvalue weighted by Crippen LogP contribution is -2.50. The summed E-state index contributed by atoms with van der Waals surface area (Å²) in [6.07, 6.45) is 3.96. The van der Waals surface area contributed by atoms with Gasteiger partial charge in [0.15, 0.2) is 0 Å². The predicted octanol–water partition coefficient (Wildman–Crippen LogP) is 1.40. The van der Waals surface area contributed by atoms with Crippen molar-refractivity contribution in [3.8, 4) is 0 Å². The second-order valence-corrected chi connectivity index (χ2v) is 5.04. The first-order valence-electron chi connectivity index (χ1n) is 6.58. The minimum Gasteiger partial charge on any atom is -0.369 e. The highest BCUT2D eigenvalue weighted by molar-refractivity contribution is 5.84. The largest absolute Gasteiger partial charge is 0.369 e. The molecule has 2 unspecified atom stereocenters. The Hall–Kier alpha value is -0.610. The molecule has 4 heteroatoms. The van der Waals surface area contributed by atoms with Gasteiger partial charge in [0.1, 0.15) is 5.60 Å². The van der Waals surface area contributed by atoms with E-state index in [1.807, 2.05) is 25.8 Å². The molecule has 1 aliphatic rings. The van der Waals surface area contributed by atoms with Crippen LogP contribution in [-0.2, 0) is 9.53 Å². The number of carbonyl (C=O) groups is 1. The monoisotopic (exact) mass is 242 g/mol. The number of rotatable bonds is 4. The van der Waals surface area contributed by atoms with Crippen LogP contribution in [0.3, 0.4) is 0 Å². The van der Waals surface area contributed by atoms with Crippen molar-refractivity contribution in [2.45, 2.75) is 51.2 Å². The van der Waals surface area contributed by atoms with Gasteiger partial charge in [0, 0.05) is 20.2 Å². The fourth-order valence-electron chi connectivity index (χ4n) is 2.31. The number of ether oxygens (including phenoxy) is 1. The average Bonchev–Trinajstić information content (AvgIpc) is 2.64. The van der Waals surface area contributed by atoms with Crippen molar-refractivity contribution in [3.63, 3.8) is 0 Å². The van der Waals surface area contributed by atoms with Crippen LogP contribution in [0.2, 0.25) is 0 Å². The summed E-state index contributed by atoms with van der Waals surface area (Å²) in [5, 5.41) is 3.37. The van der Waals surface area contributed by atoms with E-state index in [2.05, 4.69) is 5.32 Å². The van der Waals surface area contributed by atoms with E-state index < -0.39 is 5.60 Å². The molecule has 1 rings (SSSR count). The average molecular weight is 242 g/mol. The Labute approximate surface area is 105 Å². The highest BCUT2D eigenvalue weighted by atomic mass is 16.5. The third kappa shape index (κ3) is 3.42. The molecule has 0 aromatic carbocycles. The van der Waals surface area contributed by atoms with Gasteiger partial charge in [0.25, 0.3) is 5.91 Å². The summed E-state index contributed by atoms with van der Waals surface area (Å²) in [7, 11) is 3.52. The number of nitrogens with zero attached hydrogens (tertiary/aromatic N) is 1. The molecule has 0 spiro atoms. The molecule has 1 amide bonds. The van der Waals surface area contributed by atoms with Gasteiger partial charge in [-0.1, -0.05) is 6.92 Å². The molecule has 2 atom stereocenters. The molecule has 0 bridgehead atoms. The second-order valence-electron chi connectivity index (χ2n) is 5.04. The van der Waals surface area contributed by atoms with Gasteiger partial charge in [-0.3, -0.25) is 4.79 Å². The summed E-state index contributed by atoms with van der Waals surface area (Å²) in [6, 6.07) is 0.346. The Bertz CT molecular complexity index is 244.